The van der Waals surface area contributed by atoms with Crippen molar-refractivity contribution < 1.29 is 33.5 Å². The summed E-state index contributed by atoms with van der Waals surface area (Å²) in [6, 6.07) is -4.15. The van der Waals surface area contributed by atoms with E-state index in [4.69, 9.17) is 33.7 Å². The smallest absolute Gasteiger partial charge is 0.331 e. The van der Waals surface area contributed by atoms with Crippen LogP contribution in [0, 0.1) is 23.2 Å². The normalized spacial score (nSPS) is 25.3. The van der Waals surface area contributed by atoms with Gasteiger partial charge < -0.3 is 31.3 Å². The van der Waals surface area contributed by atoms with Crippen molar-refractivity contribution in [1.29, 1.82) is 0 Å². The van der Waals surface area contributed by atoms with E-state index in [-0.39, 0.29) is 12.5 Å². The number of rotatable bonds is 9. The van der Waals surface area contributed by atoms with E-state index in [0.717, 1.165) is 6.42 Å². The van der Waals surface area contributed by atoms with Crippen molar-refractivity contribution in [2.75, 3.05) is 13.7 Å². The van der Waals surface area contributed by atoms with Crippen LogP contribution >= 0.6 is 23.2 Å². The first-order valence-corrected chi connectivity index (χ1v) is 13.6. The zero-order chi connectivity index (χ0) is 29.7. The number of hydrogen-bond acceptors (Lipinski definition) is 7. The van der Waals surface area contributed by atoms with Gasteiger partial charge in [0.15, 0.2) is 0 Å². The van der Waals surface area contributed by atoms with Crippen molar-refractivity contribution in [3.63, 3.8) is 0 Å². The first-order valence-electron chi connectivity index (χ1n) is 12.8. The molecule has 218 valence electrons. The predicted octanol–water partition coefficient (Wildman–Crippen LogP) is 0.622. The van der Waals surface area contributed by atoms with Gasteiger partial charge in [0.1, 0.15) is 28.0 Å². The van der Waals surface area contributed by atoms with E-state index in [1.807, 2.05) is 0 Å². The maximum absolute atomic E-state index is 13.9. The van der Waals surface area contributed by atoms with Gasteiger partial charge in [-0.15, -0.1) is 23.2 Å². The Morgan fingerprint density at radius 3 is 2.08 bits per heavy atom. The van der Waals surface area contributed by atoms with E-state index in [1.165, 1.54) is 25.9 Å². The fraction of sp³-hybridized carbons (Fsp3) is 0.760. The van der Waals surface area contributed by atoms with Crippen LogP contribution in [0.5, 0.6) is 0 Å². The van der Waals surface area contributed by atoms with Crippen molar-refractivity contribution in [1.82, 2.24) is 20.9 Å². The molecule has 3 rings (SSSR count). The van der Waals surface area contributed by atoms with Crippen LogP contribution < -0.4 is 21.7 Å². The lowest BCUT2D eigenvalue weighted by Gasteiger charge is -2.38. The highest BCUT2D eigenvalue weighted by molar-refractivity contribution is 6.51. The number of alkyl halides is 2. The summed E-state index contributed by atoms with van der Waals surface area (Å²) in [6.45, 7) is 8.16. The van der Waals surface area contributed by atoms with Gasteiger partial charge in [0.2, 0.25) is 17.6 Å². The second-order valence-electron chi connectivity index (χ2n) is 12.2. The van der Waals surface area contributed by atoms with Crippen LogP contribution in [-0.4, -0.2) is 82.1 Å². The van der Waals surface area contributed by atoms with Gasteiger partial charge in [-0.3, -0.25) is 19.2 Å². The fourth-order valence-electron chi connectivity index (χ4n) is 5.27. The number of fused-ring (bicyclic) bond motifs is 1. The lowest BCUT2D eigenvalue weighted by molar-refractivity contribution is -0.146. The van der Waals surface area contributed by atoms with Gasteiger partial charge in [0.05, 0.1) is 7.11 Å². The monoisotopic (exact) mass is 589 g/mol. The van der Waals surface area contributed by atoms with Gasteiger partial charge in [-0.1, -0.05) is 27.2 Å². The SMILES string of the molecule is COC(=O)C(C)(C)NC(=O)N[C@H](C(=O)N1C[C@H]2[C@@H]([C@H]1C(=O)NC(C(=O)C(N)=O)C1CCC1)C2(Cl)Cl)C(C)(C)C. The number of esters is 1. The summed E-state index contributed by atoms with van der Waals surface area (Å²) in [5.74, 6) is -5.22. The van der Waals surface area contributed by atoms with Gasteiger partial charge in [-0.2, -0.15) is 0 Å². The number of nitrogens with one attached hydrogen (secondary N) is 3. The molecule has 12 nitrogen and oxygen atoms in total. The summed E-state index contributed by atoms with van der Waals surface area (Å²) in [5, 5.41) is 7.76. The second kappa shape index (κ2) is 10.8. The minimum atomic E-state index is -1.37. The molecule has 0 aromatic carbocycles. The summed E-state index contributed by atoms with van der Waals surface area (Å²) < 4.78 is 3.46. The molecule has 0 aromatic heterocycles. The largest absolute Gasteiger partial charge is 0.467 e. The van der Waals surface area contributed by atoms with Crippen molar-refractivity contribution in [3.8, 4) is 0 Å². The number of halogens is 2. The molecule has 3 fully saturated rings. The molecule has 0 bridgehead atoms. The topological polar surface area (TPSA) is 177 Å². The molecule has 2 saturated carbocycles. The predicted molar refractivity (Wildman–Crippen MR) is 141 cm³/mol. The Bertz CT molecular complexity index is 1070. The number of primary amides is 1. The van der Waals surface area contributed by atoms with Crippen LogP contribution in [0.3, 0.4) is 0 Å². The number of Topliss-reactive ketones (excluding diaryl/α,β-unsaturated/α-hetero) is 1. The Balaban J connectivity index is 1.84. The third kappa shape index (κ3) is 6.11. The van der Waals surface area contributed by atoms with Crippen molar-refractivity contribution in [2.24, 2.45) is 28.9 Å². The summed E-state index contributed by atoms with van der Waals surface area (Å²) in [7, 11) is 1.19. The lowest BCUT2D eigenvalue weighted by atomic mass is 9.78. The zero-order valence-electron chi connectivity index (χ0n) is 22.9. The van der Waals surface area contributed by atoms with Crippen LogP contribution in [0.4, 0.5) is 4.79 Å². The number of nitrogens with zero attached hydrogens (tertiary/aromatic N) is 1. The van der Waals surface area contributed by atoms with Crippen LogP contribution in [0.1, 0.15) is 53.9 Å². The van der Waals surface area contributed by atoms with Gasteiger partial charge in [-0.25, -0.2) is 9.59 Å². The van der Waals surface area contributed by atoms with E-state index in [1.54, 1.807) is 20.8 Å². The van der Waals surface area contributed by atoms with Crippen LogP contribution in [0.25, 0.3) is 0 Å². The number of piperidine rings is 1. The molecule has 5 atom stereocenters. The third-order valence-corrected chi connectivity index (χ3v) is 8.90. The molecule has 2 aliphatic carbocycles. The molecule has 5 amide bonds. The van der Waals surface area contributed by atoms with Crippen molar-refractivity contribution >= 4 is 58.7 Å². The standard InChI is InChI=1S/C25H37Cl2N5O7/c1-23(2,3)17(30-22(38)31-24(4,5)21(37)39-6)20(36)32-10-12-13(25(12,26)27)15(32)19(35)29-14(11-8-7-9-11)16(33)18(28)34/h11-15,17H,7-10H2,1-6H3,(H2,28,34)(H,29,35)(H2,30,31,38)/t12-,13-,14?,15-,17+/m0/s1. The summed E-state index contributed by atoms with van der Waals surface area (Å²) in [6.07, 6.45) is 2.14. The van der Waals surface area contributed by atoms with Crippen molar-refractivity contribution in [2.45, 2.75) is 81.9 Å². The van der Waals surface area contributed by atoms with Crippen LogP contribution in [0.2, 0.25) is 0 Å². The zero-order valence-corrected chi connectivity index (χ0v) is 24.4. The summed E-state index contributed by atoms with van der Waals surface area (Å²) in [4.78, 5) is 77.8. The van der Waals surface area contributed by atoms with E-state index in [0.29, 0.717) is 12.8 Å². The average molecular weight is 591 g/mol. The van der Waals surface area contributed by atoms with Gasteiger partial charge >= 0.3 is 12.0 Å². The van der Waals surface area contributed by atoms with E-state index < -0.39 is 80.8 Å². The summed E-state index contributed by atoms with van der Waals surface area (Å²) in [5.41, 5.74) is 3.04. The number of carbonyl (C=O) groups is 6. The molecule has 5 N–H and O–H groups in total. The second-order valence-corrected chi connectivity index (χ2v) is 13.6. The highest BCUT2D eigenvalue weighted by Crippen LogP contribution is 2.65. The number of methoxy groups -OCH3 is 1. The average Bonchev–Trinajstić information content (AvgIpc) is 3.12. The molecule has 39 heavy (non-hydrogen) atoms. The summed E-state index contributed by atoms with van der Waals surface area (Å²) >= 11 is 12.8. The number of likely N-dealkylation sites (tertiary alicyclic amines) is 1. The Morgan fingerprint density at radius 2 is 1.62 bits per heavy atom. The highest BCUT2D eigenvalue weighted by atomic mass is 35.5. The maximum Gasteiger partial charge on any atom is 0.331 e. The Labute approximate surface area is 237 Å². The number of hydrogen-bond donors (Lipinski definition) is 4. The number of amides is 5. The van der Waals surface area contributed by atoms with E-state index in [2.05, 4.69) is 16.0 Å². The minimum Gasteiger partial charge on any atom is -0.467 e. The van der Waals surface area contributed by atoms with E-state index in [9.17, 15) is 28.8 Å². The van der Waals surface area contributed by atoms with Gasteiger partial charge in [-0.05, 0) is 38.0 Å². The molecule has 1 aliphatic heterocycles. The van der Waals surface area contributed by atoms with Crippen LogP contribution in [-0.2, 0) is 28.7 Å². The van der Waals surface area contributed by atoms with Gasteiger partial charge in [0, 0.05) is 18.4 Å². The molecule has 3 aliphatic rings. The first-order chi connectivity index (χ1) is 17.8. The van der Waals surface area contributed by atoms with Crippen molar-refractivity contribution in [3.05, 3.63) is 0 Å². The van der Waals surface area contributed by atoms with Gasteiger partial charge in [0.25, 0.3) is 5.91 Å². The molecule has 14 heteroatoms. The van der Waals surface area contributed by atoms with E-state index >= 15 is 0 Å². The fourth-order valence-corrected chi connectivity index (χ4v) is 6.09. The number of ether oxygens (including phenoxy) is 1. The lowest BCUT2D eigenvalue weighted by Crippen LogP contribution is -2.63. The quantitative estimate of drug-likeness (QED) is 0.173. The molecule has 1 saturated heterocycles. The number of nitrogens with two attached hydrogens (primary N) is 1. The Hall–Kier alpha value is -2.60. The highest BCUT2D eigenvalue weighted by Gasteiger charge is 2.74. The molecule has 1 heterocycles. The van der Waals surface area contributed by atoms with Crippen LogP contribution in [0.15, 0.2) is 0 Å². The molecule has 0 aromatic rings. The molecule has 0 radical (unpaired) electrons. The first kappa shape index (κ1) is 30.9. The number of carbonyl (C=O) groups excluding carboxylic acids is 6. The molecular weight excluding hydrogens is 553 g/mol. The third-order valence-electron chi connectivity index (χ3n) is 7.84. The Morgan fingerprint density at radius 1 is 1.03 bits per heavy atom. The number of ketones is 1. The number of urea groups is 1. The molecular formula is C25H37Cl2N5O7. The minimum absolute atomic E-state index is 0.0516. The molecule has 0 spiro atoms. The Kier molecular flexibility index (Phi) is 8.53. The maximum atomic E-state index is 13.9. The molecule has 1 unspecified atom stereocenters.